The Hall–Kier alpha value is -2.24. The Labute approximate surface area is 149 Å². The summed E-state index contributed by atoms with van der Waals surface area (Å²) < 4.78 is 5.26. The van der Waals surface area contributed by atoms with Crippen molar-refractivity contribution in [2.45, 2.75) is 19.4 Å². The average Bonchev–Trinajstić information content (AvgIpc) is 2.54. The number of amides is 1. The van der Waals surface area contributed by atoms with Crippen LogP contribution in [0.2, 0.25) is 10.0 Å². The molecule has 0 aliphatic carbocycles. The molecule has 2 rings (SSSR count). The first kappa shape index (κ1) is 18.1. The van der Waals surface area contributed by atoms with Crippen molar-refractivity contribution in [3.63, 3.8) is 0 Å². The second-order valence-electron chi connectivity index (χ2n) is 5.04. The Bertz CT molecular complexity index is 765. The van der Waals surface area contributed by atoms with Crippen LogP contribution in [0.3, 0.4) is 0 Å². The number of rotatable bonds is 5. The first-order valence-electron chi connectivity index (χ1n) is 7.23. The second kappa shape index (κ2) is 8.04. The first-order valence-corrected chi connectivity index (χ1v) is 7.98. The Morgan fingerprint density at radius 3 is 2.58 bits per heavy atom. The van der Waals surface area contributed by atoms with Gasteiger partial charge in [-0.05, 0) is 42.8 Å². The summed E-state index contributed by atoms with van der Waals surface area (Å²) in [7, 11) is 0. The van der Waals surface area contributed by atoms with E-state index in [9.17, 15) is 9.59 Å². The zero-order valence-corrected chi connectivity index (χ0v) is 14.4. The van der Waals surface area contributed by atoms with Gasteiger partial charge in [-0.1, -0.05) is 36.2 Å². The van der Waals surface area contributed by atoms with Crippen LogP contribution < -0.4 is 11.1 Å². The van der Waals surface area contributed by atoms with Gasteiger partial charge in [-0.15, -0.1) is 0 Å². The van der Waals surface area contributed by atoms with E-state index in [0.29, 0.717) is 27.8 Å². The maximum absolute atomic E-state index is 12.3. The van der Waals surface area contributed by atoms with Crippen LogP contribution in [0.25, 0.3) is 0 Å². The molecule has 3 N–H and O–H groups in total. The number of ether oxygens (including phenoxy) is 1. The molecule has 5 nitrogen and oxygen atoms in total. The molecule has 24 heavy (non-hydrogen) atoms. The van der Waals surface area contributed by atoms with E-state index in [1.54, 1.807) is 37.3 Å². The molecule has 126 valence electrons. The molecule has 0 heterocycles. The highest BCUT2D eigenvalue weighted by Crippen LogP contribution is 2.25. The smallest absolute Gasteiger partial charge is 0.338 e. The van der Waals surface area contributed by atoms with Gasteiger partial charge in [-0.2, -0.15) is 0 Å². The van der Waals surface area contributed by atoms with Crippen LogP contribution in [0.15, 0.2) is 42.5 Å². The minimum atomic E-state index is -0.953. The summed E-state index contributed by atoms with van der Waals surface area (Å²) in [6.07, 6.45) is -0.642. The Kier molecular flexibility index (Phi) is 6.06. The summed E-state index contributed by atoms with van der Waals surface area (Å²) in [5, 5.41) is 3.38. The van der Waals surface area contributed by atoms with Crippen molar-refractivity contribution in [2.24, 2.45) is 0 Å². The topological polar surface area (TPSA) is 81.4 Å². The maximum atomic E-state index is 12.3. The number of nitrogens with two attached hydrogens (primary N) is 1. The number of anilines is 2. The molecule has 1 amide bonds. The summed E-state index contributed by atoms with van der Waals surface area (Å²) in [5.41, 5.74) is 6.75. The van der Waals surface area contributed by atoms with Gasteiger partial charge in [-0.25, -0.2) is 4.79 Å². The normalized spacial score (nSPS) is 11.6. The van der Waals surface area contributed by atoms with Gasteiger partial charge in [0.25, 0.3) is 5.91 Å². The molecule has 0 aliphatic rings. The van der Waals surface area contributed by atoms with Crippen molar-refractivity contribution in [2.75, 3.05) is 11.1 Å². The van der Waals surface area contributed by atoms with E-state index in [1.165, 1.54) is 12.1 Å². The third kappa shape index (κ3) is 4.63. The number of halogens is 2. The van der Waals surface area contributed by atoms with E-state index in [2.05, 4.69) is 5.32 Å². The fourth-order valence-electron chi connectivity index (χ4n) is 1.99. The third-order valence-corrected chi connectivity index (χ3v) is 3.77. The molecule has 0 aliphatic heterocycles. The van der Waals surface area contributed by atoms with Crippen molar-refractivity contribution in [1.82, 2.24) is 0 Å². The lowest BCUT2D eigenvalue weighted by molar-refractivity contribution is -0.124. The predicted molar refractivity (Wildman–Crippen MR) is 95.4 cm³/mol. The Morgan fingerprint density at radius 2 is 1.96 bits per heavy atom. The van der Waals surface area contributed by atoms with Gasteiger partial charge in [0, 0.05) is 10.7 Å². The van der Waals surface area contributed by atoms with E-state index >= 15 is 0 Å². The van der Waals surface area contributed by atoms with Crippen LogP contribution in [-0.2, 0) is 9.53 Å². The Balaban J connectivity index is 2.07. The average molecular weight is 367 g/mol. The van der Waals surface area contributed by atoms with Crippen LogP contribution in [-0.4, -0.2) is 18.0 Å². The van der Waals surface area contributed by atoms with Gasteiger partial charge >= 0.3 is 5.97 Å². The van der Waals surface area contributed by atoms with Gasteiger partial charge in [0.2, 0.25) is 0 Å². The number of hydrogen-bond acceptors (Lipinski definition) is 4. The molecule has 0 spiro atoms. The number of nitrogen functional groups attached to an aromatic ring is 1. The maximum Gasteiger partial charge on any atom is 0.338 e. The minimum Gasteiger partial charge on any atom is -0.449 e. The van der Waals surface area contributed by atoms with Crippen LogP contribution in [0.4, 0.5) is 11.4 Å². The largest absolute Gasteiger partial charge is 0.449 e. The Morgan fingerprint density at radius 1 is 1.21 bits per heavy atom. The van der Waals surface area contributed by atoms with Crippen molar-refractivity contribution >= 4 is 46.5 Å². The lowest BCUT2D eigenvalue weighted by Crippen LogP contribution is -2.32. The molecule has 0 radical (unpaired) electrons. The van der Waals surface area contributed by atoms with E-state index in [1.807, 2.05) is 0 Å². The molecule has 2 aromatic carbocycles. The minimum absolute atomic E-state index is 0.283. The van der Waals surface area contributed by atoms with Crippen molar-refractivity contribution < 1.29 is 14.3 Å². The fraction of sp³-hybridized carbons (Fsp3) is 0.176. The first-order chi connectivity index (χ1) is 11.4. The highest BCUT2D eigenvalue weighted by atomic mass is 35.5. The standard InChI is InChI=1S/C17H16Cl2N2O3/c1-2-15(24-17(23)10-4-3-5-12(20)8-10)16(22)21-14-7-6-11(18)9-13(14)19/h3-9,15H,2,20H2,1H3,(H,21,22). The van der Waals surface area contributed by atoms with Crippen LogP contribution in [0, 0.1) is 0 Å². The number of nitrogens with one attached hydrogen (secondary N) is 1. The molecule has 1 atom stereocenters. The summed E-state index contributed by atoms with van der Waals surface area (Å²) in [6.45, 7) is 1.74. The van der Waals surface area contributed by atoms with Gasteiger partial charge in [0.1, 0.15) is 0 Å². The summed E-state index contributed by atoms with van der Waals surface area (Å²) in [4.78, 5) is 24.4. The summed E-state index contributed by atoms with van der Waals surface area (Å²) >= 11 is 11.8. The summed E-state index contributed by atoms with van der Waals surface area (Å²) in [6, 6.07) is 11.0. The SMILES string of the molecule is CCC(OC(=O)c1cccc(N)c1)C(=O)Nc1ccc(Cl)cc1Cl. The van der Waals surface area contributed by atoms with Crippen molar-refractivity contribution in [3.8, 4) is 0 Å². The summed E-state index contributed by atoms with van der Waals surface area (Å²) in [5.74, 6) is -1.09. The van der Waals surface area contributed by atoms with Crippen LogP contribution in [0.1, 0.15) is 23.7 Å². The van der Waals surface area contributed by atoms with Crippen LogP contribution in [0.5, 0.6) is 0 Å². The molecule has 0 aromatic heterocycles. The fourth-order valence-corrected chi connectivity index (χ4v) is 2.44. The van der Waals surface area contributed by atoms with Gasteiger partial charge in [0.15, 0.2) is 6.10 Å². The monoisotopic (exact) mass is 366 g/mol. The predicted octanol–water partition coefficient (Wildman–Crippen LogP) is 4.15. The van der Waals surface area contributed by atoms with Crippen molar-refractivity contribution in [1.29, 1.82) is 0 Å². The van der Waals surface area contributed by atoms with E-state index < -0.39 is 18.0 Å². The quantitative estimate of drug-likeness (QED) is 0.615. The number of benzene rings is 2. The number of esters is 1. The molecule has 7 heteroatoms. The number of carbonyl (C=O) groups is 2. The van der Waals surface area contributed by atoms with E-state index in [-0.39, 0.29) is 5.56 Å². The van der Waals surface area contributed by atoms with Gasteiger partial charge in [-0.3, -0.25) is 4.79 Å². The highest BCUT2D eigenvalue weighted by Gasteiger charge is 2.22. The molecule has 0 saturated heterocycles. The zero-order valence-electron chi connectivity index (χ0n) is 12.9. The van der Waals surface area contributed by atoms with Gasteiger partial charge < -0.3 is 15.8 Å². The third-order valence-electron chi connectivity index (χ3n) is 3.22. The van der Waals surface area contributed by atoms with E-state index in [4.69, 9.17) is 33.7 Å². The molecule has 1 unspecified atom stereocenters. The van der Waals surface area contributed by atoms with Gasteiger partial charge in [0.05, 0.1) is 16.3 Å². The zero-order chi connectivity index (χ0) is 17.7. The van der Waals surface area contributed by atoms with Crippen molar-refractivity contribution in [3.05, 3.63) is 58.1 Å². The molecule has 0 saturated carbocycles. The number of carbonyl (C=O) groups excluding carboxylic acids is 2. The molecule has 0 fully saturated rings. The molecule has 2 aromatic rings. The molecular weight excluding hydrogens is 351 g/mol. The number of hydrogen-bond donors (Lipinski definition) is 2. The molecule has 0 bridgehead atoms. The van der Waals surface area contributed by atoms with Crippen LogP contribution >= 0.6 is 23.2 Å². The molecular formula is C17H16Cl2N2O3. The highest BCUT2D eigenvalue weighted by molar-refractivity contribution is 6.36. The lowest BCUT2D eigenvalue weighted by atomic mass is 10.2. The second-order valence-corrected chi connectivity index (χ2v) is 5.88. The lowest BCUT2D eigenvalue weighted by Gasteiger charge is -2.17. The van der Waals surface area contributed by atoms with E-state index in [0.717, 1.165) is 0 Å².